The van der Waals surface area contributed by atoms with E-state index in [1.54, 1.807) is 0 Å². The van der Waals surface area contributed by atoms with E-state index in [1.807, 2.05) is 25.1 Å². The molecule has 0 aliphatic rings. The van der Waals surface area contributed by atoms with Crippen molar-refractivity contribution in [3.05, 3.63) is 35.9 Å². The van der Waals surface area contributed by atoms with Crippen molar-refractivity contribution in [2.75, 3.05) is 12.3 Å². The molecular weight excluding hydrogens is 234 g/mol. The van der Waals surface area contributed by atoms with Gasteiger partial charge in [-0.05, 0) is 24.8 Å². The highest BCUT2D eigenvalue weighted by molar-refractivity contribution is 7.89. The van der Waals surface area contributed by atoms with Gasteiger partial charge >= 0.3 is 0 Å². The summed E-state index contributed by atoms with van der Waals surface area (Å²) in [6.45, 7) is 2.52. The second-order valence-corrected chi connectivity index (χ2v) is 6.08. The van der Waals surface area contributed by atoms with Gasteiger partial charge in [0.2, 0.25) is 10.0 Å². The van der Waals surface area contributed by atoms with Crippen molar-refractivity contribution in [3.63, 3.8) is 0 Å². The van der Waals surface area contributed by atoms with Crippen molar-refractivity contribution >= 4 is 10.0 Å². The summed E-state index contributed by atoms with van der Waals surface area (Å²) in [7, 11) is -3.05. The van der Waals surface area contributed by atoms with E-state index in [-0.39, 0.29) is 5.75 Å². The van der Waals surface area contributed by atoms with Gasteiger partial charge in [0, 0.05) is 6.54 Å². The van der Waals surface area contributed by atoms with E-state index in [9.17, 15) is 8.42 Å². The first-order valence-corrected chi connectivity index (χ1v) is 7.80. The van der Waals surface area contributed by atoms with E-state index in [2.05, 4.69) is 16.9 Å². The van der Waals surface area contributed by atoms with Gasteiger partial charge in [0.25, 0.3) is 0 Å². The fourth-order valence-electron chi connectivity index (χ4n) is 1.57. The number of unbranched alkanes of at least 4 members (excludes halogenated alkanes) is 1. The van der Waals surface area contributed by atoms with Crippen LogP contribution in [0.4, 0.5) is 0 Å². The quantitative estimate of drug-likeness (QED) is 0.725. The SMILES string of the molecule is CCCCS(=O)(=O)NCCCc1ccccc1. The van der Waals surface area contributed by atoms with Gasteiger partial charge in [-0.3, -0.25) is 0 Å². The second kappa shape index (κ2) is 7.45. The van der Waals surface area contributed by atoms with Crippen LogP contribution < -0.4 is 4.72 Å². The third-order valence-corrected chi connectivity index (χ3v) is 4.04. The van der Waals surface area contributed by atoms with Gasteiger partial charge in [-0.25, -0.2) is 13.1 Å². The van der Waals surface area contributed by atoms with Crippen LogP contribution in [0.2, 0.25) is 0 Å². The smallest absolute Gasteiger partial charge is 0.211 e. The summed E-state index contributed by atoms with van der Waals surface area (Å²) in [4.78, 5) is 0. The first-order chi connectivity index (χ1) is 8.14. The molecule has 0 heterocycles. The van der Waals surface area contributed by atoms with Gasteiger partial charge in [0.15, 0.2) is 0 Å². The topological polar surface area (TPSA) is 46.2 Å². The van der Waals surface area contributed by atoms with E-state index < -0.39 is 10.0 Å². The molecule has 1 aromatic carbocycles. The predicted molar refractivity (Wildman–Crippen MR) is 71.5 cm³/mol. The number of nitrogens with one attached hydrogen (secondary N) is 1. The van der Waals surface area contributed by atoms with Crippen molar-refractivity contribution in [1.29, 1.82) is 0 Å². The van der Waals surface area contributed by atoms with E-state index in [1.165, 1.54) is 5.56 Å². The molecule has 1 aromatic rings. The van der Waals surface area contributed by atoms with Gasteiger partial charge in [-0.1, -0.05) is 43.7 Å². The molecule has 0 amide bonds. The third-order valence-electron chi connectivity index (χ3n) is 2.57. The molecule has 0 saturated heterocycles. The van der Waals surface area contributed by atoms with Crippen molar-refractivity contribution in [2.24, 2.45) is 0 Å². The van der Waals surface area contributed by atoms with Gasteiger partial charge in [0.05, 0.1) is 5.75 Å². The Morgan fingerprint density at radius 1 is 1.12 bits per heavy atom. The zero-order valence-electron chi connectivity index (χ0n) is 10.4. The van der Waals surface area contributed by atoms with Gasteiger partial charge in [-0.2, -0.15) is 0 Å². The first-order valence-electron chi connectivity index (χ1n) is 6.15. The fourth-order valence-corrected chi connectivity index (χ4v) is 2.84. The van der Waals surface area contributed by atoms with Crippen LogP contribution >= 0.6 is 0 Å². The van der Waals surface area contributed by atoms with Crippen LogP contribution in [0.5, 0.6) is 0 Å². The number of sulfonamides is 1. The lowest BCUT2D eigenvalue weighted by Gasteiger charge is -2.06. The molecular formula is C13H21NO2S. The Hall–Kier alpha value is -0.870. The maximum Gasteiger partial charge on any atom is 0.211 e. The highest BCUT2D eigenvalue weighted by Crippen LogP contribution is 2.02. The van der Waals surface area contributed by atoms with E-state index in [0.29, 0.717) is 6.54 Å². The molecule has 0 aliphatic heterocycles. The molecule has 0 unspecified atom stereocenters. The molecule has 0 radical (unpaired) electrons. The molecule has 0 atom stereocenters. The molecule has 96 valence electrons. The van der Waals surface area contributed by atoms with Crippen LogP contribution in [0, 0.1) is 0 Å². The summed E-state index contributed by atoms with van der Waals surface area (Å²) < 4.78 is 25.6. The number of hydrogen-bond donors (Lipinski definition) is 1. The molecule has 3 nitrogen and oxygen atoms in total. The van der Waals surface area contributed by atoms with Crippen molar-refractivity contribution in [1.82, 2.24) is 4.72 Å². The lowest BCUT2D eigenvalue weighted by Crippen LogP contribution is -2.27. The molecule has 1 rings (SSSR count). The standard InChI is InChI=1S/C13H21NO2S/c1-2-3-12-17(15,16)14-11-7-10-13-8-5-4-6-9-13/h4-6,8-9,14H,2-3,7,10-12H2,1H3. The highest BCUT2D eigenvalue weighted by atomic mass is 32.2. The largest absolute Gasteiger partial charge is 0.215 e. The zero-order chi connectivity index (χ0) is 12.6. The summed E-state index contributed by atoms with van der Waals surface area (Å²) in [6, 6.07) is 10.1. The molecule has 1 N–H and O–H groups in total. The average Bonchev–Trinajstić information content (AvgIpc) is 2.34. The molecule has 17 heavy (non-hydrogen) atoms. The monoisotopic (exact) mass is 255 g/mol. The Balaban J connectivity index is 2.20. The summed E-state index contributed by atoms with van der Waals surface area (Å²) in [5.41, 5.74) is 1.25. The fraction of sp³-hybridized carbons (Fsp3) is 0.538. The van der Waals surface area contributed by atoms with E-state index in [0.717, 1.165) is 25.7 Å². The Morgan fingerprint density at radius 2 is 1.82 bits per heavy atom. The zero-order valence-corrected chi connectivity index (χ0v) is 11.2. The summed E-state index contributed by atoms with van der Waals surface area (Å²) in [6.07, 6.45) is 3.39. The third kappa shape index (κ3) is 6.44. The first kappa shape index (κ1) is 14.2. The molecule has 0 spiro atoms. The average molecular weight is 255 g/mol. The minimum atomic E-state index is -3.05. The Kier molecular flexibility index (Phi) is 6.22. The van der Waals surface area contributed by atoms with Crippen LogP contribution in [0.15, 0.2) is 30.3 Å². The number of benzene rings is 1. The lowest BCUT2D eigenvalue weighted by atomic mass is 10.1. The highest BCUT2D eigenvalue weighted by Gasteiger charge is 2.07. The van der Waals surface area contributed by atoms with E-state index >= 15 is 0 Å². The molecule has 0 saturated carbocycles. The minimum absolute atomic E-state index is 0.245. The van der Waals surface area contributed by atoms with Gasteiger partial charge in [-0.15, -0.1) is 0 Å². The molecule has 0 bridgehead atoms. The van der Waals surface area contributed by atoms with Crippen LogP contribution in [0.3, 0.4) is 0 Å². The van der Waals surface area contributed by atoms with Crippen LogP contribution in [0.25, 0.3) is 0 Å². The van der Waals surface area contributed by atoms with Crippen LogP contribution in [-0.4, -0.2) is 20.7 Å². The lowest BCUT2D eigenvalue weighted by molar-refractivity contribution is 0.575. The van der Waals surface area contributed by atoms with Crippen LogP contribution in [0.1, 0.15) is 31.7 Å². The predicted octanol–water partition coefficient (Wildman–Crippen LogP) is 2.34. The normalized spacial score (nSPS) is 11.6. The Morgan fingerprint density at radius 3 is 2.47 bits per heavy atom. The number of rotatable bonds is 8. The van der Waals surface area contributed by atoms with E-state index in [4.69, 9.17) is 0 Å². The minimum Gasteiger partial charge on any atom is -0.215 e. The molecule has 4 heteroatoms. The summed E-state index contributed by atoms with van der Waals surface area (Å²) in [5, 5.41) is 0. The molecule has 0 fully saturated rings. The van der Waals surface area contributed by atoms with Crippen molar-refractivity contribution in [3.8, 4) is 0 Å². The maximum atomic E-state index is 11.5. The second-order valence-electron chi connectivity index (χ2n) is 4.16. The Bertz CT molecular complexity index is 401. The van der Waals surface area contributed by atoms with Gasteiger partial charge in [0.1, 0.15) is 0 Å². The maximum absolute atomic E-state index is 11.5. The number of aryl methyl sites for hydroxylation is 1. The molecule has 0 aliphatic carbocycles. The molecule has 0 aromatic heterocycles. The number of hydrogen-bond acceptors (Lipinski definition) is 2. The van der Waals surface area contributed by atoms with Gasteiger partial charge < -0.3 is 0 Å². The van der Waals surface area contributed by atoms with Crippen molar-refractivity contribution in [2.45, 2.75) is 32.6 Å². The Labute approximate surface area is 104 Å². The van der Waals surface area contributed by atoms with Crippen LogP contribution in [-0.2, 0) is 16.4 Å². The summed E-state index contributed by atoms with van der Waals surface area (Å²) >= 11 is 0. The summed E-state index contributed by atoms with van der Waals surface area (Å²) in [5.74, 6) is 0.245. The van der Waals surface area contributed by atoms with Crippen molar-refractivity contribution < 1.29 is 8.42 Å².